The number of anilines is 1. The molecule has 2 aromatic carbocycles. The summed E-state index contributed by atoms with van der Waals surface area (Å²) in [6.45, 7) is 0. The Kier molecular flexibility index (Phi) is 3.35. The molecule has 0 aliphatic heterocycles. The molecule has 0 heterocycles. The molecule has 0 unspecified atom stereocenters. The lowest BCUT2D eigenvalue weighted by molar-refractivity contribution is 0.483. The first-order valence-corrected chi connectivity index (χ1v) is 5.40. The van der Waals surface area contributed by atoms with Crippen molar-refractivity contribution in [2.45, 2.75) is 0 Å². The Bertz CT molecular complexity index is 637. The molecule has 0 amide bonds. The van der Waals surface area contributed by atoms with Crippen molar-refractivity contribution in [1.82, 2.24) is 0 Å². The zero-order valence-electron chi connectivity index (χ0n) is 9.15. The summed E-state index contributed by atoms with van der Waals surface area (Å²) in [5.41, 5.74) is 6.22. The molecule has 2 aromatic rings. The third kappa shape index (κ3) is 2.53. The molecule has 18 heavy (non-hydrogen) atoms. The van der Waals surface area contributed by atoms with E-state index >= 15 is 0 Å². The van der Waals surface area contributed by atoms with Gasteiger partial charge in [-0.2, -0.15) is 5.26 Å². The number of halogens is 2. The van der Waals surface area contributed by atoms with Gasteiger partial charge in [0.25, 0.3) is 0 Å². The lowest BCUT2D eigenvalue weighted by atomic mass is 10.2. The fraction of sp³-hybridized carbons (Fsp3) is 0. The molecule has 3 nitrogen and oxygen atoms in total. The maximum absolute atomic E-state index is 12.9. The number of hydrogen-bond acceptors (Lipinski definition) is 3. The Morgan fingerprint density at radius 3 is 2.50 bits per heavy atom. The van der Waals surface area contributed by atoms with Gasteiger partial charge in [0.05, 0.1) is 22.3 Å². The van der Waals surface area contributed by atoms with Crippen molar-refractivity contribution in [2.24, 2.45) is 0 Å². The van der Waals surface area contributed by atoms with Crippen LogP contribution in [0, 0.1) is 17.1 Å². The van der Waals surface area contributed by atoms with Crippen LogP contribution in [0.2, 0.25) is 5.02 Å². The van der Waals surface area contributed by atoms with Crippen LogP contribution in [0.15, 0.2) is 36.4 Å². The van der Waals surface area contributed by atoms with Crippen molar-refractivity contribution in [2.75, 3.05) is 5.73 Å². The molecule has 0 atom stereocenters. The van der Waals surface area contributed by atoms with Gasteiger partial charge in [-0.25, -0.2) is 4.39 Å². The largest absolute Gasteiger partial charge is 0.454 e. The van der Waals surface area contributed by atoms with E-state index in [4.69, 9.17) is 27.3 Å². The molecule has 0 aliphatic rings. The molecule has 0 saturated carbocycles. The van der Waals surface area contributed by atoms with Crippen LogP contribution in [0.4, 0.5) is 10.1 Å². The van der Waals surface area contributed by atoms with E-state index in [2.05, 4.69) is 0 Å². The Morgan fingerprint density at radius 1 is 1.17 bits per heavy atom. The van der Waals surface area contributed by atoms with Crippen LogP contribution in [0.25, 0.3) is 0 Å². The third-order valence-electron chi connectivity index (χ3n) is 2.25. The second kappa shape index (κ2) is 4.94. The van der Waals surface area contributed by atoms with Crippen molar-refractivity contribution >= 4 is 17.3 Å². The lowest BCUT2D eigenvalue weighted by Gasteiger charge is -2.09. The summed E-state index contributed by atoms with van der Waals surface area (Å²) in [4.78, 5) is 0. The highest BCUT2D eigenvalue weighted by Gasteiger charge is 2.07. The van der Waals surface area contributed by atoms with Gasteiger partial charge in [0.1, 0.15) is 11.6 Å². The topological polar surface area (TPSA) is 59.0 Å². The Labute approximate surface area is 108 Å². The lowest BCUT2D eigenvalue weighted by Crippen LogP contribution is -1.93. The maximum Gasteiger partial charge on any atom is 0.150 e. The molecule has 0 spiro atoms. The molecule has 0 bridgehead atoms. The zero-order valence-corrected chi connectivity index (χ0v) is 9.91. The first-order chi connectivity index (χ1) is 8.60. The number of nitrogens with two attached hydrogens (primary N) is 1. The summed E-state index contributed by atoms with van der Waals surface area (Å²) in [5, 5.41) is 9.00. The number of ether oxygens (including phenoxy) is 1. The first-order valence-electron chi connectivity index (χ1n) is 5.02. The summed E-state index contributed by atoms with van der Waals surface area (Å²) >= 11 is 5.95. The zero-order chi connectivity index (χ0) is 13.1. The Morgan fingerprint density at radius 2 is 1.89 bits per heavy atom. The highest BCUT2D eigenvalue weighted by atomic mass is 35.5. The smallest absolute Gasteiger partial charge is 0.150 e. The summed E-state index contributed by atoms with van der Waals surface area (Å²) < 4.78 is 18.3. The van der Waals surface area contributed by atoms with E-state index in [0.717, 1.165) is 6.07 Å². The average Bonchev–Trinajstić information content (AvgIpc) is 2.34. The van der Waals surface area contributed by atoms with Crippen molar-refractivity contribution in [1.29, 1.82) is 5.26 Å². The minimum atomic E-state index is -0.439. The molecular weight excluding hydrogens is 255 g/mol. The van der Waals surface area contributed by atoms with Gasteiger partial charge >= 0.3 is 0 Å². The van der Waals surface area contributed by atoms with Crippen LogP contribution < -0.4 is 10.5 Å². The maximum atomic E-state index is 12.9. The summed E-state index contributed by atoms with van der Waals surface area (Å²) in [7, 11) is 0. The number of hydrogen-bond donors (Lipinski definition) is 1. The molecular formula is C13H8ClFN2O. The van der Waals surface area contributed by atoms with E-state index in [0.29, 0.717) is 17.1 Å². The average molecular weight is 263 g/mol. The first kappa shape index (κ1) is 12.2. The van der Waals surface area contributed by atoms with Crippen molar-refractivity contribution in [3.63, 3.8) is 0 Å². The van der Waals surface area contributed by atoms with E-state index in [1.807, 2.05) is 6.07 Å². The van der Waals surface area contributed by atoms with Crippen LogP contribution in [0.3, 0.4) is 0 Å². The van der Waals surface area contributed by atoms with E-state index in [-0.39, 0.29) is 10.7 Å². The van der Waals surface area contributed by atoms with Crippen LogP contribution in [0.5, 0.6) is 11.5 Å². The minimum Gasteiger partial charge on any atom is -0.454 e. The number of rotatable bonds is 2. The van der Waals surface area contributed by atoms with Gasteiger partial charge in [-0.1, -0.05) is 11.6 Å². The highest BCUT2D eigenvalue weighted by Crippen LogP contribution is 2.33. The van der Waals surface area contributed by atoms with Gasteiger partial charge in [-0.3, -0.25) is 0 Å². The van der Waals surface area contributed by atoms with Crippen molar-refractivity contribution in [3.8, 4) is 17.6 Å². The van der Waals surface area contributed by atoms with E-state index < -0.39 is 5.82 Å². The highest BCUT2D eigenvalue weighted by molar-refractivity contribution is 6.32. The van der Waals surface area contributed by atoms with Crippen LogP contribution in [0.1, 0.15) is 5.56 Å². The van der Waals surface area contributed by atoms with E-state index in [1.165, 1.54) is 18.2 Å². The molecule has 0 aliphatic carbocycles. The molecule has 0 aromatic heterocycles. The van der Waals surface area contributed by atoms with Crippen LogP contribution >= 0.6 is 11.6 Å². The second-order valence-corrected chi connectivity index (χ2v) is 3.95. The predicted molar refractivity (Wildman–Crippen MR) is 67.1 cm³/mol. The van der Waals surface area contributed by atoms with Gasteiger partial charge in [0.15, 0.2) is 5.75 Å². The Balaban J connectivity index is 2.32. The molecule has 5 heteroatoms. The molecule has 0 saturated heterocycles. The Hall–Kier alpha value is -2.25. The fourth-order valence-corrected chi connectivity index (χ4v) is 1.60. The normalized spacial score (nSPS) is 9.83. The van der Waals surface area contributed by atoms with Gasteiger partial charge in [-0.05, 0) is 30.3 Å². The number of nitrogens with zero attached hydrogens (tertiary/aromatic N) is 1. The predicted octanol–water partition coefficient (Wildman–Crippen LogP) is 3.73. The summed E-state index contributed by atoms with van der Waals surface area (Å²) in [6, 6.07) is 10.4. The van der Waals surface area contributed by atoms with Crippen molar-refractivity contribution < 1.29 is 9.13 Å². The fourth-order valence-electron chi connectivity index (χ4n) is 1.38. The van der Waals surface area contributed by atoms with Crippen LogP contribution in [-0.4, -0.2) is 0 Å². The molecule has 2 N–H and O–H groups in total. The van der Waals surface area contributed by atoms with Gasteiger partial charge < -0.3 is 10.5 Å². The van der Waals surface area contributed by atoms with Crippen molar-refractivity contribution in [3.05, 3.63) is 52.8 Å². The van der Waals surface area contributed by atoms with Gasteiger partial charge in [0.2, 0.25) is 0 Å². The van der Waals surface area contributed by atoms with E-state index in [9.17, 15) is 4.39 Å². The quantitative estimate of drug-likeness (QED) is 0.839. The molecule has 90 valence electrons. The molecule has 0 fully saturated rings. The minimum absolute atomic E-state index is 0.176. The van der Waals surface area contributed by atoms with E-state index in [1.54, 1.807) is 12.1 Å². The molecule has 0 radical (unpaired) electrons. The van der Waals surface area contributed by atoms with Gasteiger partial charge in [-0.15, -0.1) is 0 Å². The standard InChI is InChI=1S/C13H8ClFN2O/c14-10-5-8(7-16)1-3-12(10)18-13-4-2-9(15)6-11(13)17/h1-6H,17H2. The molecule has 2 rings (SSSR count). The summed E-state index contributed by atoms with van der Waals surface area (Å²) in [5.74, 6) is 0.225. The van der Waals surface area contributed by atoms with Gasteiger partial charge in [0, 0.05) is 6.07 Å². The SMILES string of the molecule is N#Cc1ccc(Oc2ccc(F)cc2N)c(Cl)c1. The number of nitrogen functional groups attached to an aromatic ring is 1. The summed E-state index contributed by atoms with van der Waals surface area (Å²) in [6.07, 6.45) is 0. The third-order valence-corrected chi connectivity index (χ3v) is 2.55. The number of benzene rings is 2. The van der Waals surface area contributed by atoms with Crippen LogP contribution in [-0.2, 0) is 0 Å². The second-order valence-electron chi connectivity index (χ2n) is 3.54. The monoisotopic (exact) mass is 262 g/mol. The number of nitriles is 1.